The number of ether oxygens (including phenoxy) is 1. The molecular formula is C21H24N4O2. The Hall–Kier alpha value is -3.15. The Kier molecular flexibility index (Phi) is 5.86. The number of benzene rings is 2. The highest BCUT2D eigenvalue weighted by Crippen LogP contribution is 2.27. The third-order valence-electron chi connectivity index (χ3n) is 4.20. The van der Waals surface area contributed by atoms with E-state index in [0.717, 1.165) is 28.1 Å². The zero-order valence-corrected chi connectivity index (χ0v) is 15.8. The van der Waals surface area contributed by atoms with E-state index in [4.69, 9.17) is 4.74 Å². The molecule has 6 nitrogen and oxygen atoms in total. The van der Waals surface area contributed by atoms with Crippen molar-refractivity contribution in [3.05, 3.63) is 71.8 Å². The number of hydrogen-bond donors (Lipinski definition) is 1. The van der Waals surface area contributed by atoms with Crippen LogP contribution in [-0.4, -0.2) is 27.3 Å². The van der Waals surface area contributed by atoms with Gasteiger partial charge in [-0.25, -0.2) is 9.67 Å². The number of nitrogens with zero attached hydrogens (tertiary/aromatic N) is 3. The summed E-state index contributed by atoms with van der Waals surface area (Å²) in [6.45, 7) is 6.85. The summed E-state index contributed by atoms with van der Waals surface area (Å²) in [5.74, 6) is 0.916. The molecule has 1 amide bonds. The average molecular weight is 364 g/mol. The van der Waals surface area contributed by atoms with Crippen LogP contribution < -0.4 is 10.1 Å². The van der Waals surface area contributed by atoms with Gasteiger partial charge in [-0.1, -0.05) is 38.1 Å². The van der Waals surface area contributed by atoms with Crippen LogP contribution in [0, 0.1) is 6.92 Å². The fourth-order valence-electron chi connectivity index (χ4n) is 2.78. The average Bonchev–Trinajstić information content (AvgIpc) is 3.14. The molecule has 0 bridgehead atoms. The topological polar surface area (TPSA) is 69.0 Å². The molecule has 0 unspecified atom stereocenters. The zero-order chi connectivity index (χ0) is 19.2. The van der Waals surface area contributed by atoms with Gasteiger partial charge in [0.1, 0.15) is 18.4 Å². The normalized spacial score (nSPS) is 10.8. The van der Waals surface area contributed by atoms with Crippen LogP contribution in [0.25, 0.3) is 0 Å². The van der Waals surface area contributed by atoms with E-state index in [1.807, 2.05) is 37.3 Å². The molecule has 0 saturated heterocycles. The van der Waals surface area contributed by atoms with Crippen LogP contribution >= 0.6 is 0 Å². The smallest absolute Gasteiger partial charge is 0.262 e. The zero-order valence-electron chi connectivity index (χ0n) is 15.8. The fraction of sp³-hybridized carbons (Fsp3) is 0.286. The molecule has 0 radical (unpaired) electrons. The van der Waals surface area contributed by atoms with E-state index in [1.165, 1.54) is 6.33 Å². The highest BCUT2D eigenvalue weighted by molar-refractivity contribution is 5.91. The molecule has 0 spiro atoms. The van der Waals surface area contributed by atoms with Crippen molar-refractivity contribution in [3.8, 4) is 5.75 Å². The number of carbonyl (C=O) groups is 1. The van der Waals surface area contributed by atoms with E-state index >= 15 is 0 Å². The third kappa shape index (κ3) is 5.17. The van der Waals surface area contributed by atoms with Crippen molar-refractivity contribution in [2.45, 2.75) is 33.2 Å². The summed E-state index contributed by atoms with van der Waals surface area (Å²) in [6, 6.07) is 13.7. The molecule has 0 fully saturated rings. The van der Waals surface area contributed by atoms with Gasteiger partial charge in [-0.2, -0.15) is 5.10 Å². The SMILES string of the molecule is Cc1ccc(C(C)C)c(OCC(=O)Nc2ccc(Cn3cncn3)cc2)c1. The second-order valence-corrected chi connectivity index (χ2v) is 6.82. The number of aromatic nitrogens is 3. The first-order chi connectivity index (χ1) is 13.0. The standard InChI is InChI=1S/C21H24N4O2/c1-15(2)19-9-4-16(3)10-20(19)27-12-21(26)24-18-7-5-17(6-8-18)11-25-14-22-13-23-25/h4-10,13-15H,11-12H2,1-3H3,(H,24,26). The van der Waals surface area contributed by atoms with E-state index in [1.54, 1.807) is 11.0 Å². The Labute approximate surface area is 159 Å². The van der Waals surface area contributed by atoms with Crippen LogP contribution in [0.2, 0.25) is 0 Å². The molecule has 0 aliphatic rings. The molecule has 0 aliphatic heterocycles. The maximum atomic E-state index is 12.2. The Bertz CT molecular complexity index is 887. The lowest BCUT2D eigenvalue weighted by atomic mass is 10.0. The van der Waals surface area contributed by atoms with Gasteiger partial charge in [0.25, 0.3) is 5.91 Å². The van der Waals surface area contributed by atoms with E-state index in [-0.39, 0.29) is 12.5 Å². The predicted molar refractivity (Wildman–Crippen MR) is 105 cm³/mol. The second-order valence-electron chi connectivity index (χ2n) is 6.82. The highest BCUT2D eigenvalue weighted by atomic mass is 16.5. The quantitative estimate of drug-likeness (QED) is 0.693. The largest absolute Gasteiger partial charge is 0.483 e. The fourth-order valence-corrected chi connectivity index (χ4v) is 2.78. The summed E-state index contributed by atoms with van der Waals surface area (Å²) >= 11 is 0. The van der Waals surface area contributed by atoms with Gasteiger partial charge in [-0.3, -0.25) is 4.79 Å². The monoisotopic (exact) mass is 364 g/mol. The van der Waals surface area contributed by atoms with Crippen LogP contribution in [0.15, 0.2) is 55.1 Å². The van der Waals surface area contributed by atoms with Crippen molar-refractivity contribution >= 4 is 11.6 Å². The van der Waals surface area contributed by atoms with Crippen LogP contribution in [-0.2, 0) is 11.3 Å². The molecule has 0 atom stereocenters. The Balaban J connectivity index is 1.56. The Morgan fingerprint density at radius 3 is 2.63 bits per heavy atom. The number of rotatable bonds is 7. The Morgan fingerprint density at radius 2 is 1.96 bits per heavy atom. The molecule has 1 heterocycles. The summed E-state index contributed by atoms with van der Waals surface area (Å²) in [5, 5.41) is 6.94. The van der Waals surface area contributed by atoms with Gasteiger partial charge in [0.2, 0.25) is 0 Å². The van der Waals surface area contributed by atoms with Gasteiger partial charge in [0.05, 0.1) is 6.54 Å². The van der Waals surface area contributed by atoms with Crippen molar-refractivity contribution in [2.24, 2.45) is 0 Å². The Morgan fingerprint density at radius 1 is 1.19 bits per heavy atom. The molecule has 1 aromatic heterocycles. The number of nitrogens with one attached hydrogen (secondary N) is 1. The molecule has 3 aromatic rings. The maximum Gasteiger partial charge on any atom is 0.262 e. The first-order valence-electron chi connectivity index (χ1n) is 8.96. The van der Waals surface area contributed by atoms with Gasteiger partial charge in [-0.15, -0.1) is 0 Å². The summed E-state index contributed by atoms with van der Waals surface area (Å²) in [6.07, 6.45) is 3.18. The van der Waals surface area contributed by atoms with Gasteiger partial charge in [0.15, 0.2) is 6.61 Å². The van der Waals surface area contributed by atoms with Crippen LogP contribution in [0.1, 0.15) is 36.5 Å². The molecule has 27 heavy (non-hydrogen) atoms. The molecule has 1 N–H and O–H groups in total. The van der Waals surface area contributed by atoms with Crippen molar-refractivity contribution in [1.29, 1.82) is 0 Å². The second kappa shape index (κ2) is 8.49. The summed E-state index contributed by atoms with van der Waals surface area (Å²) < 4.78 is 7.52. The maximum absolute atomic E-state index is 12.2. The van der Waals surface area contributed by atoms with Crippen LogP contribution in [0.4, 0.5) is 5.69 Å². The number of hydrogen-bond acceptors (Lipinski definition) is 4. The summed E-state index contributed by atoms with van der Waals surface area (Å²) in [4.78, 5) is 16.2. The third-order valence-corrected chi connectivity index (χ3v) is 4.20. The minimum Gasteiger partial charge on any atom is -0.483 e. The predicted octanol–water partition coefficient (Wildman–Crippen LogP) is 3.78. The molecule has 0 aliphatic carbocycles. The first-order valence-corrected chi connectivity index (χ1v) is 8.96. The number of anilines is 1. The van der Waals surface area contributed by atoms with Crippen molar-refractivity contribution in [1.82, 2.24) is 14.8 Å². The molecular weight excluding hydrogens is 340 g/mol. The summed E-state index contributed by atoms with van der Waals surface area (Å²) in [5.41, 5.74) is 4.03. The minimum atomic E-state index is -0.185. The molecule has 140 valence electrons. The lowest BCUT2D eigenvalue weighted by Gasteiger charge is -2.15. The van der Waals surface area contributed by atoms with Crippen molar-refractivity contribution < 1.29 is 9.53 Å². The molecule has 2 aromatic carbocycles. The molecule has 6 heteroatoms. The van der Waals surface area contributed by atoms with Crippen molar-refractivity contribution in [2.75, 3.05) is 11.9 Å². The van der Waals surface area contributed by atoms with Gasteiger partial charge >= 0.3 is 0 Å². The highest BCUT2D eigenvalue weighted by Gasteiger charge is 2.10. The van der Waals surface area contributed by atoms with Crippen molar-refractivity contribution in [3.63, 3.8) is 0 Å². The van der Waals surface area contributed by atoms with E-state index < -0.39 is 0 Å². The van der Waals surface area contributed by atoms with Gasteiger partial charge < -0.3 is 10.1 Å². The lowest BCUT2D eigenvalue weighted by Crippen LogP contribution is -2.20. The van der Waals surface area contributed by atoms with Crippen LogP contribution in [0.5, 0.6) is 5.75 Å². The van der Waals surface area contributed by atoms with Gasteiger partial charge in [0, 0.05) is 5.69 Å². The molecule has 3 rings (SSSR count). The van der Waals surface area contributed by atoms with Gasteiger partial charge in [-0.05, 0) is 47.7 Å². The number of aryl methyl sites for hydroxylation is 1. The minimum absolute atomic E-state index is 0.0239. The lowest BCUT2D eigenvalue weighted by molar-refractivity contribution is -0.118. The van der Waals surface area contributed by atoms with Crippen LogP contribution in [0.3, 0.4) is 0 Å². The first kappa shape index (κ1) is 18.6. The van der Waals surface area contributed by atoms with E-state index in [9.17, 15) is 4.79 Å². The van der Waals surface area contributed by atoms with E-state index in [2.05, 4.69) is 41.4 Å². The molecule has 0 saturated carbocycles. The number of carbonyl (C=O) groups excluding carboxylic acids is 1. The number of amides is 1. The summed E-state index contributed by atoms with van der Waals surface area (Å²) in [7, 11) is 0. The van der Waals surface area contributed by atoms with E-state index in [0.29, 0.717) is 12.5 Å².